The third-order valence-electron chi connectivity index (χ3n) is 4.64. The van der Waals surface area contributed by atoms with Gasteiger partial charge >= 0.3 is 0 Å². The lowest BCUT2D eigenvalue weighted by molar-refractivity contribution is -0.384. The topological polar surface area (TPSA) is 127 Å². The van der Waals surface area contributed by atoms with Crippen molar-refractivity contribution >= 4 is 28.4 Å². The van der Waals surface area contributed by atoms with Crippen molar-refractivity contribution in [2.45, 2.75) is 0 Å². The van der Waals surface area contributed by atoms with Crippen molar-refractivity contribution < 1.29 is 18.8 Å². The van der Waals surface area contributed by atoms with Crippen LogP contribution in [0.2, 0.25) is 0 Å². The molecule has 9 heteroatoms. The molecule has 2 aromatic heterocycles. The van der Waals surface area contributed by atoms with Crippen LogP contribution >= 0.6 is 0 Å². The molecule has 0 unspecified atom stereocenters. The molecule has 4 rings (SSSR count). The number of nitrogens with one attached hydrogen (secondary N) is 1. The van der Waals surface area contributed by atoms with E-state index in [0.29, 0.717) is 39.9 Å². The molecule has 31 heavy (non-hydrogen) atoms. The van der Waals surface area contributed by atoms with Gasteiger partial charge in [-0.25, -0.2) is 4.98 Å². The maximum absolute atomic E-state index is 11.1. The highest BCUT2D eigenvalue weighted by molar-refractivity contribution is 5.90. The van der Waals surface area contributed by atoms with Crippen molar-refractivity contribution in [2.24, 2.45) is 0 Å². The number of fused-ring (bicyclic) bond motifs is 1. The van der Waals surface area contributed by atoms with Gasteiger partial charge in [0, 0.05) is 24.3 Å². The predicted octanol–water partition coefficient (Wildman–Crippen LogP) is 4.81. The van der Waals surface area contributed by atoms with Crippen molar-refractivity contribution in [3.8, 4) is 28.9 Å². The molecule has 0 spiro atoms. The van der Waals surface area contributed by atoms with Crippen LogP contribution in [0.25, 0.3) is 34.0 Å². The average Bonchev–Trinajstić information content (AvgIpc) is 3.43. The van der Waals surface area contributed by atoms with E-state index in [9.17, 15) is 15.4 Å². The number of non-ortho nitro benzene ring substituents is 1. The molecule has 0 saturated heterocycles. The number of nitro benzene ring substituents is 1. The Labute approximate surface area is 176 Å². The lowest BCUT2D eigenvalue weighted by atomic mass is 10.1. The lowest BCUT2D eigenvalue weighted by Gasteiger charge is -2.05. The minimum absolute atomic E-state index is 0.0836. The molecular weight excluding hydrogens is 400 g/mol. The molecule has 4 aromatic rings. The number of benzene rings is 2. The summed E-state index contributed by atoms with van der Waals surface area (Å²) in [6.07, 6.45) is 1.54. The first-order chi connectivity index (χ1) is 15.0. The highest BCUT2D eigenvalue weighted by Crippen LogP contribution is 2.35. The molecule has 0 amide bonds. The van der Waals surface area contributed by atoms with Crippen LogP contribution in [0.1, 0.15) is 11.6 Å². The van der Waals surface area contributed by atoms with Gasteiger partial charge in [0.2, 0.25) is 0 Å². The molecule has 0 aliphatic rings. The second kappa shape index (κ2) is 8.04. The zero-order chi connectivity index (χ0) is 22.0. The summed E-state index contributed by atoms with van der Waals surface area (Å²) in [7, 11) is 3.04. The number of nitriles is 1. The summed E-state index contributed by atoms with van der Waals surface area (Å²) in [5.74, 6) is 2.25. The van der Waals surface area contributed by atoms with Crippen LogP contribution < -0.4 is 9.47 Å². The fourth-order valence-electron chi connectivity index (χ4n) is 3.12. The number of ether oxygens (including phenoxy) is 2. The van der Waals surface area contributed by atoms with Crippen molar-refractivity contribution in [1.29, 1.82) is 5.26 Å². The molecule has 0 radical (unpaired) electrons. The van der Waals surface area contributed by atoms with Gasteiger partial charge in [-0.1, -0.05) is 0 Å². The van der Waals surface area contributed by atoms with Crippen molar-refractivity contribution in [2.75, 3.05) is 14.2 Å². The van der Waals surface area contributed by atoms with E-state index in [1.165, 1.54) is 25.3 Å². The Hall–Kier alpha value is -4.58. The predicted molar refractivity (Wildman–Crippen MR) is 113 cm³/mol. The van der Waals surface area contributed by atoms with E-state index in [0.717, 1.165) is 5.52 Å². The third kappa shape index (κ3) is 3.82. The van der Waals surface area contributed by atoms with E-state index in [2.05, 4.69) is 16.0 Å². The average molecular weight is 416 g/mol. The molecule has 9 nitrogen and oxygen atoms in total. The second-order valence-corrected chi connectivity index (χ2v) is 6.48. The van der Waals surface area contributed by atoms with Crippen LogP contribution in [0, 0.1) is 21.4 Å². The number of hydrogen-bond acceptors (Lipinski definition) is 7. The first-order valence-corrected chi connectivity index (χ1v) is 9.11. The van der Waals surface area contributed by atoms with Gasteiger partial charge in [0.1, 0.15) is 34.9 Å². The molecule has 0 saturated carbocycles. The number of allylic oxidation sites excluding steroid dienone is 1. The lowest BCUT2D eigenvalue weighted by Crippen LogP contribution is -1.91. The number of rotatable bonds is 6. The molecular formula is C22H16N4O5. The van der Waals surface area contributed by atoms with Crippen LogP contribution in [0.3, 0.4) is 0 Å². The number of imidazole rings is 1. The molecule has 1 N–H and O–H groups in total. The van der Waals surface area contributed by atoms with E-state index in [-0.39, 0.29) is 11.3 Å². The van der Waals surface area contributed by atoms with Gasteiger partial charge in [0.15, 0.2) is 0 Å². The Bertz CT molecular complexity index is 1360. The summed E-state index contributed by atoms with van der Waals surface area (Å²) in [4.78, 5) is 18.2. The summed E-state index contributed by atoms with van der Waals surface area (Å²) >= 11 is 0. The van der Waals surface area contributed by atoms with Gasteiger partial charge in [0.05, 0.1) is 41.3 Å². The Morgan fingerprint density at radius 1 is 1.19 bits per heavy atom. The number of methoxy groups -OCH3 is 2. The number of furan rings is 1. The summed E-state index contributed by atoms with van der Waals surface area (Å²) in [6, 6.07) is 15.1. The Morgan fingerprint density at radius 2 is 2.03 bits per heavy atom. The summed E-state index contributed by atoms with van der Waals surface area (Å²) in [5, 5.41) is 20.7. The van der Waals surface area contributed by atoms with Gasteiger partial charge in [-0.2, -0.15) is 5.26 Å². The number of H-pyrrole nitrogens is 1. The fraction of sp³-hybridized carbons (Fsp3) is 0.0909. The number of aromatic nitrogens is 2. The summed E-state index contributed by atoms with van der Waals surface area (Å²) < 4.78 is 16.3. The van der Waals surface area contributed by atoms with Crippen LogP contribution in [-0.4, -0.2) is 29.1 Å². The smallest absolute Gasteiger partial charge is 0.270 e. The first-order valence-electron chi connectivity index (χ1n) is 9.11. The molecule has 154 valence electrons. The van der Waals surface area contributed by atoms with Crippen LogP contribution in [0.4, 0.5) is 5.69 Å². The molecule has 0 bridgehead atoms. The molecule has 0 fully saturated rings. The minimum atomic E-state index is -0.489. The van der Waals surface area contributed by atoms with Gasteiger partial charge in [-0.15, -0.1) is 0 Å². The minimum Gasteiger partial charge on any atom is -0.497 e. The van der Waals surface area contributed by atoms with E-state index >= 15 is 0 Å². The van der Waals surface area contributed by atoms with Gasteiger partial charge in [0.25, 0.3) is 5.69 Å². The highest BCUT2D eigenvalue weighted by atomic mass is 16.6. The molecule has 2 heterocycles. The van der Waals surface area contributed by atoms with Crippen molar-refractivity contribution in [1.82, 2.24) is 9.97 Å². The number of hydrogen-bond donors (Lipinski definition) is 1. The quantitative estimate of drug-likeness (QED) is 0.271. The van der Waals surface area contributed by atoms with Gasteiger partial charge < -0.3 is 18.9 Å². The maximum atomic E-state index is 11.1. The monoisotopic (exact) mass is 416 g/mol. The van der Waals surface area contributed by atoms with E-state index in [1.54, 1.807) is 43.5 Å². The fourth-order valence-corrected chi connectivity index (χ4v) is 3.12. The van der Waals surface area contributed by atoms with E-state index < -0.39 is 4.92 Å². The SMILES string of the molecule is COc1ccc2nc(/C(C#N)=C/c3ccc(-c4cc([N+](=O)[O-])ccc4OC)o3)[nH]c2c1. The third-order valence-corrected chi connectivity index (χ3v) is 4.64. The summed E-state index contributed by atoms with van der Waals surface area (Å²) in [5.41, 5.74) is 2.04. The maximum Gasteiger partial charge on any atom is 0.270 e. The Balaban J connectivity index is 1.71. The Morgan fingerprint density at radius 3 is 2.74 bits per heavy atom. The molecule has 0 atom stereocenters. The standard InChI is InChI=1S/C22H16N4O5/c1-29-15-4-6-18-19(11-15)25-22(24-18)13(12-23)9-16-5-8-21(31-16)17-10-14(26(27)28)3-7-20(17)30-2/h3-11H,1-2H3,(H,24,25)/b13-9+. The van der Waals surface area contributed by atoms with E-state index in [1.807, 2.05) is 0 Å². The number of aromatic amines is 1. The highest BCUT2D eigenvalue weighted by Gasteiger charge is 2.16. The zero-order valence-electron chi connectivity index (χ0n) is 16.6. The number of nitrogens with zero attached hydrogens (tertiary/aromatic N) is 3. The molecule has 0 aliphatic carbocycles. The van der Waals surface area contributed by atoms with E-state index in [4.69, 9.17) is 13.9 Å². The number of nitro groups is 1. The van der Waals surface area contributed by atoms with Crippen molar-refractivity contribution in [3.05, 3.63) is 70.2 Å². The summed E-state index contributed by atoms with van der Waals surface area (Å²) in [6.45, 7) is 0. The second-order valence-electron chi connectivity index (χ2n) is 6.48. The normalized spacial score (nSPS) is 11.3. The van der Waals surface area contributed by atoms with Crippen LogP contribution in [0.5, 0.6) is 11.5 Å². The van der Waals surface area contributed by atoms with Gasteiger partial charge in [-0.3, -0.25) is 10.1 Å². The van der Waals surface area contributed by atoms with Crippen molar-refractivity contribution in [3.63, 3.8) is 0 Å². The first kappa shape index (κ1) is 19.7. The van der Waals surface area contributed by atoms with Crippen LogP contribution in [-0.2, 0) is 0 Å². The molecule has 0 aliphatic heterocycles. The zero-order valence-corrected chi connectivity index (χ0v) is 16.6. The largest absolute Gasteiger partial charge is 0.497 e. The molecule has 2 aromatic carbocycles. The van der Waals surface area contributed by atoms with Gasteiger partial charge in [-0.05, 0) is 30.3 Å². The Kier molecular flexibility index (Phi) is 5.12. The van der Waals surface area contributed by atoms with Crippen LogP contribution in [0.15, 0.2) is 52.9 Å².